The summed E-state index contributed by atoms with van der Waals surface area (Å²) in [6.45, 7) is 4.68. The van der Waals surface area contributed by atoms with Gasteiger partial charge in [-0.3, -0.25) is 9.05 Å². The van der Waals surface area contributed by atoms with Crippen LogP contribution in [0.2, 0.25) is 0 Å². The molecular formula is C36H72O7P2. The Hall–Kier alpha value is -0.260. The summed E-state index contributed by atoms with van der Waals surface area (Å²) in [7, 11) is -9.30. The zero-order valence-corrected chi connectivity index (χ0v) is 31.1. The Morgan fingerprint density at radius 1 is 0.422 bits per heavy atom. The molecule has 0 amide bonds. The van der Waals surface area contributed by atoms with Crippen LogP contribution in [0.25, 0.3) is 0 Å². The van der Waals surface area contributed by atoms with E-state index in [0.29, 0.717) is 12.8 Å². The van der Waals surface area contributed by atoms with E-state index in [1.54, 1.807) is 0 Å². The van der Waals surface area contributed by atoms with Crippen LogP contribution in [0.15, 0.2) is 24.3 Å². The molecule has 0 saturated carbocycles. The van der Waals surface area contributed by atoms with Gasteiger partial charge in [-0.15, -0.1) is 0 Å². The fourth-order valence-corrected chi connectivity index (χ4v) is 7.47. The van der Waals surface area contributed by atoms with Crippen LogP contribution < -0.4 is 0 Å². The average Bonchev–Trinajstić information content (AvgIpc) is 2.99. The molecule has 0 aliphatic rings. The van der Waals surface area contributed by atoms with Crippen LogP contribution >= 0.6 is 15.6 Å². The molecule has 0 aromatic rings. The van der Waals surface area contributed by atoms with Crippen molar-refractivity contribution in [2.75, 3.05) is 13.2 Å². The van der Waals surface area contributed by atoms with Crippen LogP contribution in [-0.2, 0) is 22.5 Å². The van der Waals surface area contributed by atoms with E-state index in [1.807, 2.05) is 0 Å². The standard InChI is InChI=1S/C36H72O7P2/c1-3-5-7-9-11-13-15-17-19-21-23-25-27-29-31-33-35-41-45(40,43-44(37,38)39)42-36-34-32-30-28-26-24-22-20-18-16-14-12-10-8-6-4-2/h17-20H,3-16,21-36H2,1-2H3,(H2,37,38,39)/b19-17-,20-18-. The summed E-state index contributed by atoms with van der Waals surface area (Å²) in [5.74, 6) is 0. The molecule has 9 heteroatoms. The highest BCUT2D eigenvalue weighted by Crippen LogP contribution is 2.61. The van der Waals surface area contributed by atoms with Crippen LogP contribution in [0.3, 0.4) is 0 Å². The fraction of sp³-hybridized carbons (Fsp3) is 0.889. The minimum atomic E-state index is -5.00. The Morgan fingerprint density at radius 3 is 0.978 bits per heavy atom. The van der Waals surface area contributed by atoms with Crippen molar-refractivity contribution in [2.45, 2.75) is 194 Å². The van der Waals surface area contributed by atoms with Gasteiger partial charge in [-0.2, -0.15) is 4.31 Å². The van der Waals surface area contributed by atoms with Crippen LogP contribution in [0.4, 0.5) is 0 Å². The summed E-state index contributed by atoms with van der Waals surface area (Å²) in [5.41, 5.74) is 0. The van der Waals surface area contributed by atoms with Gasteiger partial charge in [-0.25, -0.2) is 9.13 Å². The molecule has 0 radical (unpaired) electrons. The van der Waals surface area contributed by atoms with E-state index in [2.05, 4.69) is 42.5 Å². The lowest BCUT2D eigenvalue weighted by Gasteiger charge is -2.18. The van der Waals surface area contributed by atoms with Gasteiger partial charge in [-0.05, 0) is 64.2 Å². The molecule has 7 nitrogen and oxygen atoms in total. The SMILES string of the molecule is CCCCCCCC/C=C\CCCCCCCCOP(=O)(OCCCCCCCC/C=C\CCCCCCCC)OP(=O)(O)O. The van der Waals surface area contributed by atoms with Crippen molar-refractivity contribution in [1.29, 1.82) is 0 Å². The smallest absolute Gasteiger partial charge is 0.302 e. The third-order valence-electron chi connectivity index (χ3n) is 8.02. The predicted octanol–water partition coefficient (Wildman–Crippen LogP) is 13.3. The molecule has 45 heavy (non-hydrogen) atoms. The van der Waals surface area contributed by atoms with Crippen molar-refractivity contribution in [3.63, 3.8) is 0 Å². The number of rotatable bonds is 36. The van der Waals surface area contributed by atoms with Crippen LogP contribution in [-0.4, -0.2) is 23.0 Å². The summed E-state index contributed by atoms with van der Waals surface area (Å²) in [6.07, 6.45) is 42.3. The van der Waals surface area contributed by atoms with E-state index in [4.69, 9.17) is 9.05 Å². The summed E-state index contributed by atoms with van der Waals surface area (Å²) < 4.78 is 39.1. The number of unbranched alkanes of at least 4 members (excludes halogenated alkanes) is 24. The van der Waals surface area contributed by atoms with E-state index >= 15 is 0 Å². The summed E-state index contributed by atoms with van der Waals surface area (Å²) in [5, 5.41) is 0. The van der Waals surface area contributed by atoms with Gasteiger partial charge in [0.15, 0.2) is 0 Å². The van der Waals surface area contributed by atoms with E-state index in [-0.39, 0.29) is 13.2 Å². The second-order valence-electron chi connectivity index (χ2n) is 12.6. The Kier molecular flexibility index (Phi) is 33.4. The highest BCUT2D eigenvalue weighted by atomic mass is 31.3. The van der Waals surface area contributed by atoms with Gasteiger partial charge in [-0.1, -0.05) is 154 Å². The zero-order chi connectivity index (χ0) is 33.2. The van der Waals surface area contributed by atoms with Crippen molar-refractivity contribution in [1.82, 2.24) is 0 Å². The van der Waals surface area contributed by atoms with Gasteiger partial charge >= 0.3 is 15.6 Å². The Balaban J connectivity index is 3.79. The second-order valence-corrected chi connectivity index (χ2v) is 15.6. The van der Waals surface area contributed by atoms with Crippen molar-refractivity contribution in [3.8, 4) is 0 Å². The van der Waals surface area contributed by atoms with Crippen molar-refractivity contribution in [2.24, 2.45) is 0 Å². The Bertz CT molecular complexity index is 719. The second kappa shape index (κ2) is 33.6. The maximum atomic E-state index is 12.8. The van der Waals surface area contributed by atoms with Crippen LogP contribution in [0.1, 0.15) is 194 Å². The van der Waals surface area contributed by atoms with Gasteiger partial charge in [0.05, 0.1) is 13.2 Å². The number of phosphoric acid groups is 2. The highest BCUT2D eigenvalue weighted by Gasteiger charge is 2.35. The molecule has 0 aliphatic carbocycles. The minimum absolute atomic E-state index is 0.0892. The summed E-state index contributed by atoms with van der Waals surface area (Å²) in [4.78, 5) is 18.4. The fourth-order valence-electron chi connectivity index (χ4n) is 5.27. The maximum Gasteiger partial charge on any atom is 0.483 e. The molecule has 0 unspecified atom stereocenters. The van der Waals surface area contributed by atoms with Gasteiger partial charge in [0.25, 0.3) is 0 Å². The summed E-state index contributed by atoms with van der Waals surface area (Å²) in [6, 6.07) is 0. The molecule has 268 valence electrons. The van der Waals surface area contributed by atoms with E-state index in [0.717, 1.165) is 51.4 Å². The van der Waals surface area contributed by atoms with E-state index in [1.165, 1.54) is 116 Å². The number of hydrogen-bond donors (Lipinski definition) is 2. The first-order valence-electron chi connectivity index (χ1n) is 18.8. The molecule has 2 N–H and O–H groups in total. The molecular weight excluding hydrogens is 606 g/mol. The number of hydrogen-bond acceptors (Lipinski definition) is 5. The van der Waals surface area contributed by atoms with Crippen LogP contribution in [0, 0.1) is 0 Å². The molecule has 0 fully saturated rings. The molecule has 0 heterocycles. The molecule has 0 rings (SSSR count). The zero-order valence-electron chi connectivity index (χ0n) is 29.4. The normalized spacial score (nSPS) is 12.7. The molecule has 0 aromatic heterocycles. The number of phosphoric ester groups is 1. The van der Waals surface area contributed by atoms with Gasteiger partial charge in [0.1, 0.15) is 0 Å². The predicted molar refractivity (Wildman–Crippen MR) is 192 cm³/mol. The van der Waals surface area contributed by atoms with Crippen molar-refractivity contribution in [3.05, 3.63) is 24.3 Å². The molecule has 0 spiro atoms. The largest absolute Gasteiger partial charge is 0.483 e. The quantitative estimate of drug-likeness (QED) is 0.0386. The Morgan fingerprint density at radius 2 is 0.689 bits per heavy atom. The maximum absolute atomic E-state index is 12.8. The Labute approximate surface area is 278 Å². The summed E-state index contributed by atoms with van der Waals surface area (Å²) >= 11 is 0. The lowest BCUT2D eigenvalue weighted by molar-refractivity contribution is 0.136. The van der Waals surface area contributed by atoms with Gasteiger partial charge in [0, 0.05) is 0 Å². The first-order valence-corrected chi connectivity index (χ1v) is 21.8. The van der Waals surface area contributed by atoms with E-state index in [9.17, 15) is 18.9 Å². The molecule has 0 atom stereocenters. The lowest BCUT2D eigenvalue weighted by atomic mass is 10.1. The van der Waals surface area contributed by atoms with Gasteiger partial charge < -0.3 is 9.79 Å². The van der Waals surface area contributed by atoms with Crippen molar-refractivity contribution < 1.29 is 32.3 Å². The third-order valence-corrected chi connectivity index (χ3v) is 10.7. The molecule has 0 aromatic carbocycles. The lowest BCUT2D eigenvalue weighted by Crippen LogP contribution is -2.02. The first kappa shape index (κ1) is 44.7. The van der Waals surface area contributed by atoms with Crippen molar-refractivity contribution >= 4 is 15.6 Å². The molecule has 0 aliphatic heterocycles. The van der Waals surface area contributed by atoms with E-state index < -0.39 is 15.6 Å². The average molecular weight is 679 g/mol. The van der Waals surface area contributed by atoms with Gasteiger partial charge in [0.2, 0.25) is 0 Å². The molecule has 0 bridgehead atoms. The van der Waals surface area contributed by atoms with Crippen LogP contribution in [0.5, 0.6) is 0 Å². The first-order chi connectivity index (χ1) is 21.8. The number of allylic oxidation sites excluding steroid dienone is 4. The minimum Gasteiger partial charge on any atom is -0.302 e. The highest BCUT2D eigenvalue weighted by molar-refractivity contribution is 7.61. The topological polar surface area (TPSA) is 102 Å². The molecule has 0 saturated heterocycles. The third kappa shape index (κ3) is 36.4. The monoisotopic (exact) mass is 678 g/mol.